The van der Waals surface area contributed by atoms with Crippen LogP contribution in [0.1, 0.15) is 44.2 Å². The van der Waals surface area contributed by atoms with Gasteiger partial charge in [0.15, 0.2) is 0 Å². The largest absolute Gasteiger partial charge is 0.573 e. The molecule has 0 amide bonds. The Morgan fingerprint density at radius 1 is 1.18 bits per heavy atom. The molecule has 1 aromatic rings. The van der Waals surface area contributed by atoms with E-state index in [1.165, 1.54) is 6.07 Å². The standard InChI is InChI=1S/C17H24F3NO/c1-3-10-21(11-4-2)14-9-8-13-6-5-7-16(15(13)12-14)22-17(18,19)20/h5-7,14H,3-4,8-12H2,1-2H3. The first kappa shape index (κ1) is 17.1. The number of rotatable bonds is 6. The van der Waals surface area contributed by atoms with Crippen LogP contribution in [0.15, 0.2) is 18.2 Å². The maximum Gasteiger partial charge on any atom is 0.573 e. The normalized spacial score (nSPS) is 18.4. The van der Waals surface area contributed by atoms with E-state index in [-0.39, 0.29) is 5.75 Å². The molecule has 1 aromatic carbocycles. The fraction of sp³-hybridized carbons (Fsp3) is 0.647. The predicted molar refractivity (Wildman–Crippen MR) is 81.1 cm³/mol. The van der Waals surface area contributed by atoms with Gasteiger partial charge in [0.25, 0.3) is 0 Å². The number of nitrogens with zero attached hydrogens (tertiary/aromatic N) is 1. The van der Waals surface area contributed by atoms with Crippen molar-refractivity contribution >= 4 is 0 Å². The van der Waals surface area contributed by atoms with Gasteiger partial charge in [-0.3, -0.25) is 0 Å². The highest BCUT2D eigenvalue weighted by Crippen LogP contribution is 2.34. The van der Waals surface area contributed by atoms with Crippen LogP contribution in [-0.2, 0) is 12.8 Å². The maximum absolute atomic E-state index is 12.6. The molecule has 0 aromatic heterocycles. The summed E-state index contributed by atoms with van der Waals surface area (Å²) in [6.45, 7) is 6.27. The van der Waals surface area contributed by atoms with Gasteiger partial charge in [-0.15, -0.1) is 13.2 Å². The van der Waals surface area contributed by atoms with Crippen molar-refractivity contribution in [3.8, 4) is 5.75 Å². The molecule has 1 atom stereocenters. The van der Waals surface area contributed by atoms with Crippen LogP contribution in [-0.4, -0.2) is 30.4 Å². The van der Waals surface area contributed by atoms with Gasteiger partial charge in [0.05, 0.1) is 0 Å². The zero-order valence-electron chi connectivity index (χ0n) is 13.2. The van der Waals surface area contributed by atoms with Gasteiger partial charge in [0.1, 0.15) is 5.75 Å². The molecule has 0 radical (unpaired) electrons. The van der Waals surface area contributed by atoms with Crippen molar-refractivity contribution in [2.45, 2.75) is 58.4 Å². The Balaban J connectivity index is 2.20. The molecule has 0 spiro atoms. The zero-order chi connectivity index (χ0) is 16.2. The van der Waals surface area contributed by atoms with Crippen LogP contribution in [0.25, 0.3) is 0 Å². The van der Waals surface area contributed by atoms with Gasteiger partial charge in [-0.1, -0.05) is 26.0 Å². The van der Waals surface area contributed by atoms with Crippen molar-refractivity contribution in [3.05, 3.63) is 29.3 Å². The Bertz CT molecular complexity index is 481. The Hall–Kier alpha value is -1.23. The van der Waals surface area contributed by atoms with Gasteiger partial charge in [-0.25, -0.2) is 0 Å². The van der Waals surface area contributed by atoms with Crippen LogP contribution in [0.3, 0.4) is 0 Å². The van der Waals surface area contributed by atoms with E-state index in [1.54, 1.807) is 6.07 Å². The molecular weight excluding hydrogens is 291 g/mol. The Labute approximate surface area is 130 Å². The third kappa shape index (κ3) is 4.38. The molecule has 1 aliphatic rings. The topological polar surface area (TPSA) is 12.5 Å². The van der Waals surface area contributed by atoms with Crippen molar-refractivity contribution in [2.75, 3.05) is 13.1 Å². The monoisotopic (exact) mass is 315 g/mol. The molecule has 0 aliphatic heterocycles. The van der Waals surface area contributed by atoms with E-state index < -0.39 is 6.36 Å². The first-order valence-corrected chi connectivity index (χ1v) is 8.05. The lowest BCUT2D eigenvalue weighted by molar-refractivity contribution is -0.275. The molecular formula is C17H24F3NO. The first-order valence-electron chi connectivity index (χ1n) is 8.05. The van der Waals surface area contributed by atoms with Crippen LogP contribution in [0, 0.1) is 0 Å². The second kappa shape index (κ2) is 7.36. The van der Waals surface area contributed by atoms with Crippen LogP contribution in [0.2, 0.25) is 0 Å². The minimum Gasteiger partial charge on any atom is -0.405 e. The Kier molecular flexibility index (Phi) is 5.73. The smallest absolute Gasteiger partial charge is 0.405 e. The van der Waals surface area contributed by atoms with E-state index in [4.69, 9.17) is 0 Å². The summed E-state index contributed by atoms with van der Waals surface area (Å²) in [5.41, 5.74) is 1.72. The van der Waals surface area contributed by atoms with Gasteiger partial charge in [-0.2, -0.15) is 0 Å². The number of hydrogen-bond donors (Lipinski definition) is 0. The van der Waals surface area contributed by atoms with E-state index in [2.05, 4.69) is 23.5 Å². The maximum atomic E-state index is 12.6. The molecule has 0 saturated carbocycles. The summed E-state index contributed by atoms with van der Waals surface area (Å²) >= 11 is 0. The summed E-state index contributed by atoms with van der Waals surface area (Å²) in [6.07, 6.45) is -0.0499. The lowest BCUT2D eigenvalue weighted by Gasteiger charge is -2.35. The molecule has 5 heteroatoms. The van der Waals surface area contributed by atoms with Crippen molar-refractivity contribution in [3.63, 3.8) is 0 Å². The zero-order valence-corrected chi connectivity index (χ0v) is 13.2. The molecule has 124 valence electrons. The second-order valence-electron chi connectivity index (χ2n) is 5.87. The third-order valence-corrected chi connectivity index (χ3v) is 4.18. The van der Waals surface area contributed by atoms with Crippen molar-refractivity contribution in [1.82, 2.24) is 4.90 Å². The van der Waals surface area contributed by atoms with Gasteiger partial charge >= 0.3 is 6.36 Å². The van der Waals surface area contributed by atoms with E-state index in [0.29, 0.717) is 12.5 Å². The highest BCUT2D eigenvalue weighted by molar-refractivity contribution is 5.42. The van der Waals surface area contributed by atoms with Gasteiger partial charge in [-0.05, 0) is 62.4 Å². The van der Waals surface area contributed by atoms with Crippen molar-refractivity contribution in [1.29, 1.82) is 0 Å². The number of fused-ring (bicyclic) bond motifs is 1. The second-order valence-corrected chi connectivity index (χ2v) is 5.87. The van der Waals surface area contributed by atoms with Crippen molar-refractivity contribution in [2.24, 2.45) is 0 Å². The lowest BCUT2D eigenvalue weighted by atomic mass is 9.86. The van der Waals surface area contributed by atoms with Crippen molar-refractivity contribution < 1.29 is 17.9 Å². The molecule has 22 heavy (non-hydrogen) atoms. The third-order valence-electron chi connectivity index (χ3n) is 4.18. The van der Waals surface area contributed by atoms with Crippen LogP contribution in [0.5, 0.6) is 5.75 Å². The fourth-order valence-electron chi connectivity index (χ4n) is 3.32. The molecule has 0 saturated heterocycles. The van der Waals surface area contributed by atoms with Crippen LogP contribution < -0.4 is 4.74 Å². The molecule has 0 heterocycles. The number of benzene rings is 1. The highest BCUT2D eigenvalue weighted by atomic mass is 19.4. The molecule has 0 bridgehead atoms. The molecule has 1 unspecified atom stereocenters. The highest BCUT2D eigenvalue weighted by Gasteiger charge is 2.34. The van der Waals surface area contributed by atoms with Crippen LogP contribution >= 0.6 is 0 Å². The molecule has 2 rings (SSSR count). The van der Waals surface area contributed by atoms with Gasteiger partial charge < -0.3 is 9.64 Å². The quantitative estimate of drug-likeness (QED) is 0.763. The van der Waals surface area contributed by atoms with E-state index in [0.717, 1.165) is 49.9 Å². The summed E-state index contributed by atoms with van der Waals surface area (Å²) < 4.78 is 42.0. The average Bonchev–Trinajstić information content (AvgIpc) is 2.45. The summed E-state index contributed by atoms with van der Waals surface area (Å²) in [6, 6.07) is 5.30. The van der Waals surface area contributed by atoms with E-state index in [9.17, 15) is 13.2 Å². The number of alkyl halides is 3. The minimum absolute atomic E-state index is 0.0253. The summed E-state index contributed by atoms with van der Waals surface area (Å²) in [5.74, 6) is -0.0253. The molecule has 0 N–H and O–H groups in total. The predicted octanol–water partition coefficient (Wildman–Crippen LogP) is 4.56. The van der Waals surface area contributed by atoms with E-state index >= 15 is 0 Å². The summed E-state index contributed by atoms with van der Waals surface area (Å²) in [7, 11) is 0. The molecule has 2 nitrogen and oxygen atoms in total. The number of ether oxygens (including phenoxy) is 1. The minimum atomic E-state index is -4.63. The number of aryl methyl sites for hydroxylation is 1. The summed E-state index contributed by atoms with van der Waals surface area (Å²) in [5, 5.41) is 0. The Morgan fingerprint density at radius 3 is 2.45 bits per heavy atom. The lowest BCUT2D eigenvalue weighted by Crippen LogP contribution is -2.40. The first-order chi connectivity index (χ1) is 10.4. The van der Waals surface area contributed by atoms with Gasteiger partial charge in [0, 0.05) is 6.04 Å². The molecule has 0 fully saturated rings. The average molecular weight is 315 g/mol. The van der Waals surface area contributed by atoms with Crippen LogP contribution in [0.4, 0.5) is 13.2 Å². The fourth-order valence-corrected chi connectivity index (χ4v) is 3.32. The SMILES string of the molecule is CCCN(CCC)C1CCc2cccc(OC(F)(F)F)c2C1. The van der Waals surface area contributed by atoms with Gasteiger partial charge in [0.2, 0.25) is 0 Å². The number of halogens is 3. The Morgan fingerprint density at radius 2 is 1.86 bits per heavy atom. The summed E-state index contributed by atoms with van der Waals surface area (Å²) in [4.78, 5) is 2.41. The molecule has 1 aliphatic carbocycles. The number of hydrogen-bond acceptors (Lipinski definition) is 2. The van der Waals surface area contributed by atoms with E-state index in [1.807, 2.05) is 6.07 Å².